The van der Waals surface area contributed by atoms with Crippen molar-refractivity contribution in [2.45, 2.75) is 103 Å². The third-order valence-corrected chi connectivity index (χ3v) is 11.5. The average molecular weight is 717 g/mol. The van der Waals surface area contributed by atoms with Crippen molar-refractivity contribution in [2.75, 3.05) is 26.2 Å². The van der Waals surface area contributed by atoms with E-state index in [-0.39, 0.29) is 33.6 Å². The monoisotopic (exact) mass is 716 g/mol. The lowest BCUT2D eigenvalue weighted by Crippen LogP contribution is -2.49. The van der Waals surface area contributed by atoms with Gasteiger partial charge in [0.25, 0.3) is 0 Å². The fraction of sp³-hybridized carbons (Fsp3) is 0.595. The maximum atomic E-state index is 12.2. The summed E-state index contributed by atoms with van der Waals surface area (Å²) in [6.07, 6.45) is 4.73. The summed E-state index contributed by atoms with van der Waals surface area (Å²) in [6, 6.07) is 19.5. The van der Waals surface area contributed by atoms with Crippen LogP contribution in [0.4, 0.5) is 9.59 Å². The lowest BCUT2D eigenvalue weighted by molar-refractivity contribution is 0.0797. The smallest absolute Gasteiger partial charge is 0.410 e. The zero-order valence-corrected chi connectivity index (χ0v) is 31.9. The highest BCUT2D eigenvalue weighted by Gasteiger charge is 2.33. The fourth-order valence-corrected chi connectivity index (χ4v) is 6.66. The van der Waals surface area contributed by atoms with E-state index in [0.29, 0.717) is 45.3 Å². The van der Waals surface area contributed by atoms with Crippen molar-refractivity contribution in [2.24, 2.45) is 16.2 Å². The van der Waals surface area contributed by atoms with E-state index in [9.17, 15) is 18.7 Å². The van der Waals surface area contributed by atoms with E-state index in [1.165, 1.54) is 0 Å². The van der Waals surface area contributed by atoms with E-state index < -0.39 is 22.7 Å². The Kier molecular flexibility index (Phi) is 16.2. The van der Waals surface area contributed by atoms with Crippen LogP contribution in [0, 0.1) is 11.8 Å². The molecule has 2 aromatic carbocycles. The summed E-state index contributed by atoms with van der Waals surface area (Å²) in [7, 11) is 0. The van der Waals surface area contributed by atoms with Gasteiger partial charge in [-0.2, -0.15) is 0 Å². The van der Waals surface area contributed by atoms with Gasteiger partial charge in [-0.05, 0) is 91.2 Å². The normalized spacial score (nSPS) is 18.3. The molecule has 0 spiro atoms. The molecule has 0 radical (unpaired) electrons. The highest BCUT2D eigenvalue weighted by Crippen LogP contribution is 2.24. The largest absolute Gasteiger partial charge is 0.598 e. The molecule has 2 fully saturated rings. The number of amides is 2. The number of likely N-dealkylation sites (tertiary alicyclic amines) is 2. The topological polar surface area (TPSA) is 130 Å². The summed E-state index contributed by atoms with van der Waals surface area (Å²) >= 11 is -2.28. The fourth-order valence-electron chi connectivity index (χ4n) is 5.18. The Balaban J connectivity index is 0.000000266. The molecular weight excluding hydrogens is 661 g/mol. The molecule has 2 heterocycles. The molecule has 2 aliphatic heterocycles. The Labute approximate surface area is 300 Å². The van der Waals surface area contributed by atoms with Gasteiger partial charge >= 0.3 is 12.2 Å². The van der Waals surface area contributed by atoms with Crippen molar-refractivity contribution >= 4 is 41.1 Å². The van der Waals surface area contributed by atoms with Crippen LogP contribution in [0.25, 0.3) is 0 Å². The van der Waals surface area contributed by atoms with E-state index in [2.05, 4.69) is 16.0 Å². The summed E-state index contributed by atoms with van der Waals surface area (Å²) < 4.78 is 41.7. The second kappa shape index (κ2) is 19.6. The van der Waals surface area contributed by atoms with Gasteiger partial charge in [-0.25, -0.2) is 9.59 Å². The van der Waals surface area contributed by atoms with Crippen LogP contribution in [0.5, 0.6) is 0 Å². The van der Waals surface area contributed by atoms with Crippen LogP contribution in [0.15, 0.2) is 65.1 Å². The van der Waals surface area contributed by atoms with Gasteiger partial charge < -0.3 is 28.4 Å². The predicted molar refractivity (Wildman–Crippen MR) is 199 cm³/mol. The first-order chi connectivity index (χ1) is 23.1. The zero-order chi connectivity index (χ0) is 36.0. The molecule has 2 saturated heterocycles. The maximum Gasteiger partial charge on any atom is 0.410 e. The number of hydrogen-bond acceptors (Lipinski definition) is 8. The van der Waals surface area contributed by atoms with Gasteiger partial charge in [-0.15, -0.1) is 4.72 Å². The summed E-state index contributed by atoms with van der Waals surface area (Å²) in [6.45, 7) is 17.0. The number of benzene rings is 2. The zero-order valence-electron chi connectivity index (χ0n) is 30.3. The Hall–Kier alpha value is -2.77. The van der Waals surface area contributed by atoms with Crippen molar-refractivity contribution in [3.8, 4) is 0 Å². The number of nitrogens with one attached hydrogen (secondary N) is 1. The van der Waals surface area contributed by atoms with E-state index in [0.717, 1.165) is 36.8 Å². The molecule has 1 N–H and O–H groups in total. The van der Waals surface area contributed by atoms with Crippen LogP contribution in [-0.2, 0) is 45.4 Å². The van der Waals surface area contributed by atoms with Gasteiger partial charge in [0, 0.05) is 43.5 Å². The number of carbonyl (C=O) groups is 2. The molecule has 10 nitrogen and oxygen atoms in total. The second-order valence-corrected chi connectivity index (χ2v) is 18.6. The van der Waals surface area contributed by atoms with Gasteiger partial charge in [0.05, 0.1) is 12.3 Å². The Morgan fingerprint density at radius 1 is 0.796 bits per heavy atom. The lowest BCUT2D eigenvalue weighted by atomic mass is 9.91. The maximum absolute atomic E-state index is 12.2. The first-order valence-corrected chi connectivity index (χ1v) is 19.4. The highest BCUT2D eigenvalue weighted by molar-refractivity contribution is 7.91. The number of rotatable bonds is 9. The molecule has 0 bridgehead atoms. The molecule has 0 aliphatic carbocycles. The first-order valence-electron chi connectivity index (χ1n) is 17.2. The van der Waals surface area contributed by atoms with Crippen molar-refractivity contribution in [1.82, 2.24) is 14.5 Å². The molecule has 2 unspecified atom stereocenters. The standard InChI is InChI=1S/C19H30N2O3S.C18H26N2O3S/c1-15(20-25(23)19(2,3)4)17-10-12-21(13-11-17)18(22)24-14-16-8-6-5-7-9-16;1-18(2,3)24(22)19-13-15-9-11-20(12-10-15)17(21)23-14-16-7-5-4-6-8-16/h5-9,15,17,20H,10-14H2,1-4H3;4-8,13,15H,9-12,14H2,1-3H3/t15-,25?;/m1./s1. The molecule has 272 valence electrons. The average Bonchev–Trinajstić information content (AvgIpc) is 3.09. The molecule has 0 saturated carbocycles. The predicted octanol–water partition coefficient (Wildman–Crippen LogP) is 7.04. The Bertz CT molecular complexity index is 1290. The number of ether oxygens (including phenoxy) is 2. The van der Waals surface area contributed by atoms with Gasteiger partial charge in [-0.1, -0.05) is 65.1 Å². The summed E-state index contributed by atoms with van der Waals surface area (Å²) in [4.78, 5) is 27.8. The minimum absolute atomic E-state index is 0.169. The summed E-state index contributed by atoms with van der Waals surface area (Å²) in [5.41, 5.74) is 1.98. The van der Waals surface area contributed by atoms with Crippen molar-refractivity contribution in [3.05, 3.63) is 71.8 Å². The van der Waals surface area contributed by atoms with E-state index in [1.807, 2.05) is 102 Å². The first kappa shape index (κ1) is 40.7. The van der Waals surface area contributed by atoms with Crippen LogP contribution in [-0.4, -0.2) is 79.0 Å². The van der Waals surface area contributed by atoms with Crippen LogP contribution in [0.3, 0.4) is 0 Å². The Morgan fingerprint density at radius 2 is 1.22 bits per heavy atom. The van der Waals surface area contributed by atoms with Crippen LogP contribution >= 0.6 is 0 Å². The second-order valence-electron chi connectivity index (χ2n) is 14.6. The van der Waals surface area contributed by atoms with Crippen molar-refractivity contribution in [1.29, 1.82) is 0 Å². The molecule has 3 atom stereocenters. The number of piperidine rings is 2. The van der Waals surface area contributed by atoms with Gasteiger partial charge in [0.1, 0.15) is 34.1 Å². The van der Waals surface area contributed by atoms with Gasteiger partial charge in [-0.3, -0.25) is 0 Å². The molecule has 49 heavy (non-hydrogen) atoms. The molecule has 4 rings (SSSR count). The molecule has 2 amide bonds. The number of hydrogen-bond donors (Lipinski definition) is 1. The molecule has 12 heteroatoms. The third kappa shape index (κ3) is 14.5. The third-order valence-electron chi connectivity index (χ3n) is 8.45. The quantitative estimate of drug-likeness (QED) is 0.218. The lowest BCUT2D eigenvalue weighted by Gasteiger charge is -2.35. The van der Waals surface area contributed by atoms with Crippen LogP contribution in [0.1, 0.15) is 85.3 Å². The summed E-state index contributed by atoms with van der Waals surface area (Å²) in [5, 5.41) is 0. The SMILES string of the molecule is CC(C)(C)[S+]([O-])N=CC1CCN(C(=O)OCc2ccccc2)CC1.C[C@@H](N[S+]([O-])C(C)(C)C)C1CCN(C(=O)OCc2ccccc2)CC1. The van der Waals surface area contributed by atoms with Crippen molar-refractivity contribution < 1.29 is 28.2 Å². The van der Waals surface area contributed by atoms with Gasteiger partial charge in [0.2, 0.25) is 0 Å². The van der Waals surface area contributed by atoms with Crippen LogP contribution < -0.4 is 4.72 Å². The van der Waals surface area contributed by atoms with Crippen molar-refractivity contribution in [3.63, 3.8) is 0 Å². The molecular formula is C37H56N4O6S2. The molecule has 2 aromatic rings. The van der Waals surface area contributed by atoms with E-state index in [1.54, 1.807) is 16.0 Å². The molecule has 2 aliphatic rings. The minimum Gasteiger partial charge on any atom is -0.598 e. The van der Waals surface area contributed by atoms with Crippen LogP contribution in [0.2, 0.25) is 0 Å². The highest BCUT2D eigenvalue weighted by atomic mass is 32.2. The van der Waals surface area contributed by atoms with E-state index >= 15 is 0 Å². The van der Waals surface area contributed by atoms with Gasteiger partial charge in [0.15, 0.2) is 0 Å². The number of nitrogens with zero attached hydrogens (tertiary/aromatic N) is 3. The Morgan fingerprint density at radius 3 is 1.63 bits per heavy atom. The minimum atomic E-state index is -1.22. The number of carbonyl (C=O) groups excluding carboxylic acids is 2. The summed E-state index contributed by atoms with van der Waals surface area (Å²) in [5.74, 6) is 0.693. The molecule has 0 aromatic heterocycles. The van der Waals surface area contributed by atoms with E-state index in [4.69, 9.17) is 9.47 Å².